The number of furan rings is 1. The van der Waals surface area contributed by atoms with Gasteiger partial charge in [-0.3, -0.25) is 0 Å². The number of hydrogen-bond acceptors (Lipinski definition) is 4. The van der Waals surface area contributed by atoms with Crippen LogP contribution in [-0.2, 0) is 6.42 Å². The molecule has 0 N–H and O–H groups in total. The molecule has 0 unspecified atom stereocenters. The first kappa shape index (κ1) is 15.5. The van der Waals surface area contributed by atoms with Crippen molar-refractivity contribution in [3.63, 3.8) is 0 Å². The highest BCUT2D eigenvalue weighted by Gasteiger charge is 2.15. The molecule has 4 heteroatoms. The molecule has 0 saturated heterocycles. The normalized spacial score (nSPS) is 11.3. The summed E-state index contributed by atoms with van der Waals surface area (Å²) in [4.78, 5) is 12.1. The lowest BCUT2D eigenvalue weighted by Gasteiger charge is -2.06. The summed E-state index contributed by atoms with van der Waals surface area (Å²) >= 11 is 0. The van der Waals surface area contributed by atoms with Gasteiger partial charge in [0.1, 0.15) is 16.9 Å². The van der Waals surface area contributed by atoms with Gasteiger partial charge in [-0.05, 0) is 42.7 Å². The second-order valence-corrected chi connectivity index (χ2v) is 6.07. The smallest absolute Gasteiger partial charge is 0.339 e. The predicted octanol–water partition coefficient (Wildman–Crippen LogP) is 5.09. The van der Waals surface area contributed by atoms with Crippen molar-refractivity contribution in [3.8, 4) is 16.9 Å². The standard InChI is InChI=1S/C21H18O4/c1-4-15-12(2)16-9-17-18(13-5-7-14(23-3)8-6-13)11-24-19(17)10-20(16)25-21(15)22/h5-11H,4H2,1-3H3. The highest BCUT2D eigenvalue weighted by atomic mass is 16.5. The van der Waals surface area contributed by atoms with E-state index in [1.54, 1.807) is 19.4 Å². The molecule has 0 fully saturated rings. The van der Waals surface area contributed by atoms with E-state index in [0.717, 1.165) is 38.8 Å². The zero-order valence-electron chi connectivity index (χ0n) is 14.4. The van der Waals surface area contributed by atoms with Crippen LogP contribution in [0.3, 0.4) is 0 Å². The first-order chi connectivity index (χ1) is 12.1. The molecule has 0 atom stereocenters. The van der Waals surface area contributed by atoms with Crippen LogP contribution < -0.4 is 10.4 Å². The van der Waals surface area contributed by atoms with Crippen molar-refractivity contribution in [1.82, 2.24) is 0 Å². The lowest BCUT2D eigenvalue weighted by Crippen LogP contribution is -2.08. The van der Waals surface area contributed by atoms with E-state index in [1.807, 2.05) is 44.2 Å². The number of hydrogen-bond donors (Lipinski definition) is 0. The fourth-order valence-electron chi connectivity index (χ4n) is 3.31. The van der Waals surface area contributed by atoms with Crippen LogP contribution in [0.2, 0.25) is 0 Å². The van der Waals surface area contributed by atoms with Crippen LogP contribution in [0.4, 0.5) is 0 Å². The Morgan fingerprint density at radius 2 is 1.80 bits per heavy atom. The second-order valence-electron chi connectivity index (χ2n) is 6.07. The summed E-state index contributed by atoms with van der Waals surface area (Å²) in [6.45, 7) is 3.93. The van der Waals surface area contributed by atoms with Crippen LogP contribution in [0.25, 0.3) is 33.1 Å². The Balaban J connectivity index is 1.98. The Bertz CT molecular complexity index is 1130. The van der Waals surface area contributed by atoms with Crippen molar-refractivity contribution in [1.29, 1.82) is 0 Å². The number of methoxy groups -OCH3 is 1. The minimum atomic E-state index is -0.270. The molecule has 2 aromatic heterocycles. The van der Waals surface area contributed by atoms with Crippen molar-refractivity contribution >= 4 is 21.9 Å². The van der Waals surface area contributed by atoms with E-state index in [-0.39, 0.29) is 5.63 Å². The van der Waals surface area contributed by atoms with Crippen LogP contribution in [0, 0.1) is 6.92 Å². The van der Waals surface area contributed by atoms with Crippen LogP contribution in [-0.4, -0.2) is 7.11 Å². The molecule has 2 heterocycles. The van der Waals surface area contributed by atoms with E-state index in [4.69, 9.17) is 13.6 Å². The molecule has 4 rings (SSSR count). The van der Waals surface area contributed by atoms with Gasteiger partial charge in [-0.25, -0.2) is 4.79 Å². The summed E-state index contributed by atoms with van der Waals surface area (Å²) in [6.07, 6.45) is 2.39. The van der Waals surface area contributed by atoms with Crippen molar-refractivity contribution in [3.05, 3.63) is 64.2 Å². The zero-order valence-corrected chi connectivity index (χ0v) is 14.4. The summed E-state index contributed by atoms with van der Waals surface area (Å²) in [5.74, 6) is 0.812. The third kappa shape index (κ3) is 2.41. The summed E-state index contributed by atoms with van der Waals surface area (Å²) in [5.41, 5.74) is 4.73. The van der Waals surface area contributed by atoms with Gasteiger partial charge in [0.25, 0.3) is 0 Å². The SMILES string of the molecule is CCc1c(C)c2cc3c(-c4ccc(OC)cc4)coc3cc2oc1=O. The van der Waals surface area contributed by atoms with E-state index in [9.17, 15) is 4.79 Å². The first-order valence-corrected chi connectivity index (χ1v) is 8.24. The Morgan fingerprint density at radius 1 is 1.04 bits per heavy atom. The summed E-state index contributed by atoms with van der Waals surface area (Å²) in [5, 5.41) is 1.94. The fourth-order valence-corrected chi connectivity index (χ4v) is 3.31. The van der Waals surface area contributed by atoms with Crippen molar-refractivity contribution in [2.24, 2.45) is 0 Å². The van der Waals surface area contributed by atoms with Crippen LogP contribution in [0.1, 0.15) is 18.1 Å². The highest BCUT2D eigenvalue weighted by Crippen LogP contribution is 2.35. The summed E-state index contributed by atoms with van der Waals surface area (Å²) < 4.78 is 16.4. The van der Waals surface area contributed by atoms with Gasteiger partial charge in [0.2, 0.25) is 0 Å². The van der Waals surface area contributed by atoms with E-state index < -0.39 is 0 Å². The van der Waals surface area contributed by atoms with E-state index in [2.05, 4.69) is 0 Å². The molecular formula is C21H18O4. The number of aryl methyl sites for hydroxylation is 1. The highest BCUT2D eigenvalue weighted by molar-refractivity contribution is 6.02. The Kier molecular flexibility index (Phi) is 3.61. The van der Waals surface area contributed by atoms with Gasteiger partial charge in [-0.1, -0.05) is 19.1 Å². The van der Waals surface area contributed by atoms with Gasteiger partial charge in [-0.15, -0.1) is 0 Å². The van der Waals surface area contributed by atoms with Crippen molar-refractivity contribution in [2.75, 3.05) is 7.11 Å². The number of rotatable bonds is 3. The molecule has 0 bridgehead atoms. The van der Waals surface area contributed by atoms with E-state index >= 15 is 0 Å². The summed E-state index contributed by atoms with van der Waals surface area (Å²) in [6, 6.07) is 11.7. The molecule has 25 heavy (non-hydrogen) atoms. The maximum absolute atomic E-state index is 12.1. The monoisotopic (exact) mass is 334 g/mol. The van der Waals surface area contributed by atoms with Crippen LogP contribution in [0.5, 0.6) is 5.75 Å². The number of fused-ring (bicyclic) bond motifs is 2. The minimum absolute atomic E-state index is 0.270. The minimum Gasteiger partial charge on any atom is -0.497 e. The van der Waals surface area contributed by atoms with Crippen molar-refractivity contribution in [2.45, 2.75) is 20.3 Å². The lowest BCUT2D eigenvalue weighted by molar-refractivity contribution is 0.415. The Labute approximate surface area is 144 Å². The second kappa shape index (κ2) is 5.81. The van der Waals surface area contributed by atoms with E-state index in [0.29, 0.717) is 17.6 Å². The Hall–Kier alpha value is -3.01. The van der Waals surface area contributed by atoms with Gasteiger partial charge >= 0.3 is 5.63 Å². The largest absolute Gasteiger partial charge is 0.497 e. The topological polar surface area (TPSA) is 52.6 Å². The third-order valence-corrected chi connectivity index (χ3v) is 4.74. The molecule has 4 nitrogen and oxygen atoms in total. The number of ether oxygens (including phenoxy) is 1. The lowest BCUT2D eigenvalue weighted by atomic mass is 10.00. The molecule has 0 radical (unpaired) electrons. The Morgan fingerprint density at radius 3 is 2.48 bits per heavy atom. The van der Waals surface area contributed by atoms with Crippen LogP contribution in [0.15, 0.2) is 56.3 Å². The van der Waals surface area contributed by atoms with Crippen molar-refractivity contribution < 1.29 is 13.6 Å². The van der Waals surface area contributed by atoms with Gasteiger partial charge in [-0.2, -0.15) is 0 Å². The molecule has 4 aromatic rings. The quantitative estimate of drug-likeness (QED) is 0.490. The average molecular weight is 334 g/mol. The van der Waals surface area contributed by atoms with Gasteiger partial charge < -0.3 is 13.6 Å². The summed E-state index contributed by atoms with van der Waals surface area (Å²) in [7, 11) is 1.65. The molecule has 2 aromatic carbocycles. The maximum Gasteiger partial charge on any atom is 0.339 e. The maximum atomic E-state index is 12.1. The van der Waals surface area contributed by atoms with Crippen LogP contribution >= 0.6 is 0 Å². The molecule has 126 valence electrons. The molecular weight excluding hydrogens is 316 g/mol. The van der Waals surface area contributed by atoms with Gasteiger partial charge in [0.05, 0.1) is 13.4 Å². The molecule has 0 spiro atoms. The molecule has 0 amide bonds. The first-order valence-electron chi connectivity index (χ1n) is 8.24. The van der Waals surface area contributed by atoms with Gasteiger partial charge in [0.15, 0.2) is 0 Å². The molecule has 0 aliphatic heterocycles. The number of benzene rings is 2. The average Bonchev–Trinajstić information content (AvgIpc) is 3.03. The fraction of sp³-hybridized carbons (Fsp3) is 0.190. The molecule has 0 saturated carbocycles. The van der Waals surface area contributed by atoms with Gasteiger partial charge in [0, 0.05) is 28.0 Å². The molecule has 0 aliphatic rings. The van der Waals surface area contributed by atoms with E-state index in [1.165, 1.54) is 0 Å². The predicted molar refractivity (Wildman–Crippen MR) is 98.4 cm³/mol. The zero-order chi connectivity index (χ0) is 17.6. The molecule has 0 aliphatic carbocycles. The third-order valence-electron chi connectivity index (χ3n) is 4.74.